The molecule has 0 saturated carbocycles. The van der Waals surface area contributed by atoms with Gasteiger partial charge < -0.3 is 13.8 Å². The van der Waals surface area contributed by atoms with Gasteiger partial charge in [0.1, 0.15) is 6.10 Å². The second-order valence-electron chi connectivity index (χ2n) is 2.66. The van der Waals surface area contributed by atoms with Crippen molar-refractivity contribution in [1.29, 1.82) is 0 Å². The molecule has 2 unspecified atom stereocenters. The molecule has 1 fully saturated rings. The first-order chi connectivity index (χ1) is 5.83. The summed E-state index contributed by atoms with van der Waals surface area (Å²) in [5.74, 6) is 0. The largest absolute Gasteiger partial charge is 0.379 e. The van der Waals surface area contributed by atoms with E-state index >= 15 is 0 Å². The van der Waals surface area contributed by atoms with Crippen LogP contribution in [-0.4, -0.2) is 25.9 Å². The van der Waals surface area contributed by atoms with Crippen LogP contribution in [0.25, 0.3) is 0 Å². The Morgan fingerprint density at radius 3 is 3.08 bits per heavy atom. The molecule has 0 aromatic heterocycles. The summed E-state index contributed by atoms with van der Waals surface area (Å²) in [7, 11) is -1.14. The van der Waals surface area contributed by atoms with Gasteiger partial charge in [-0.05, 0) is 17.7 Å². The van der Waals surface area contributed by atoms with E-state index in [9.17, 15) is 0 Å². The Morgan fingerprint density at radius 2 is 2.50 bits per heavy atom. The summed E-state index contributed by atoms with van der Waals surface area (Å²) < 4.78 is 15.6. The average molecular weight is 213 g/mol. The third kappa shape index (κ3) is 4.01. The van der Waals surface area contributed by atoms with Crippen molar-refractivity contribution in [3.63, 3.8) is 0 Å². The van der Waals surface area contributed by atoms with E-state index in [-0.39, 0.29) is 6.10 Å². The summed E-state index contributed by atoms with van der Waals surface area (Å²) in [6, 6.07) is 0. The maximum absolute atomic E-state index is 5.61. The second kappa shape index (κ2) is 6.11. The zero-order chi connectivity index (χ0) is 8.81. The topological polar surface area (TPSA) is 27.7 Å². The normalized spacial score (nSPS) is 29.5. The van der Waals surface area contributed by atoms with E-state index in [2.05, 4.69) is 6.92 Å². The number of ether oxygens (including phenoxy) is 1. The van der Waals surface area contributed by atoms with Crippen molar-refractivity contribution < 1.29 is 13.8 Å². The van der Waals surface area contributed by atoms with Gasteiger partial charge in [-0.25, -0.2) is 0 Å². The molecule has 1 saturated heterocycles. The molecule has 0 aliphatic carbocycles. The molecule has 0 radical (unpaired) electrons. The Balaban J connectivity index is 1.93. The molecule has 3 nitrogen and oxygen atoms in total. The zero-order valence-corrected chi connectivity index (χ0v) is 8.81. The minimum absolute atomic E-state index is 0.0467. The van der Waals surface area contributed by atoms with E-state index in [1.54, 1.807) is 0 Å². The summed E-state index contributed by atoms with van der Waals surface area (Å²) >= 11 is 5.61. The van der Waals surface area contributed by atoms with Crippen molar-refractivity contribution in [2.75, 3.05) is 19.8 Å². The highest BCUT2D eigenvalue weighted by Gasteiger charge is 2.25. The van der Waals surface area contributed by atoms with Gasteiger partial charge in [0.25, 0.3) is 7.73 Å². The molecule has 72 valence electrons. The van der Waals surface area contributed by atoms with Gasteiger partial charge >= 0.3 is 0 Å². The lowest BCUT2D eigenvalue weighted by Gasteiger charge is -2.07. The number of hydrogen-bond acceptors (Lipinski definition) is 3. The van der Waals surface area contributed by atoms with Crippen LogP contribution in [0.15, 0.2) is 0 Å². The molecule has 0 spiro atoms. The second-order valence-corrected chi connectivity index (χ2v) is 4.39. The van der Waals surface area contributed by atoms with Crippen molar-refractivity contribution >= 4 is 19.0 Å². The minimum Gasteiger partial charge on any atom is -0.379 e. The van der Waals surface area contributed by atoms with Crippen LogP contribution < -0.4 is 0 Å². The monoisotopic (exact) mass is 212 g/mol. The van der Waals surface area contributed by atoms with Gasteiger partial charge in [-0.1, -0.05) is 13.3 Å². The molecule has 1 aliphatic heterocycles. The lowest BCUT2D eigenvalue weighted by molar-refractivity contribution is 0.0601. The molecule has 0 bridgehead atoms. The number of rotatable bonds is 5. The van der Waals surface area contributed by atoms with Crippen LogP contribution in [0.4, 0.5) is 0 Å². The lowest BCUT2D eigenvalue weighted by Crippen LogP contribution is -2.17. The van der Waals surface area contributed by atoms with Crippen molar-refractivity contribution in [2.24, 2.45) is 0 Å². The van der Waals surface area contributed by atoms with Crippen LogP contribution in [-0.2, 0) is 13.8 Å². The van der Waals surface area contributed by atoms with Crippen molar-refractivity contribution in [3.8, 4) is 0 Å². The Kier molecular flexibility index (Phi) is 5.44. The summed E-state index contributed by atoms with van der Waals surface area (Å²) in [6.07, 6.45) is 2.30. The predicted octanol–water partition coefficient (Wildman–Crippen LogP) is 2.68. The van der Waals surface area contributed by atoms with Crippen molar-refractivity contribution in [1.82, 2.24) is 0 Å². The van der Waals surface area contributed by atoms with Crippen LogP contribution in [0, 0.1) is 0 Å². The third-order valence-electron chi connectivity index (χ3n) is 1.54. The molecule has 0 aromatic carbocycles. The van der Waals surface area contributed by atoms with Gasteiger partial charge in [0.2, 0.25) is 0 Å². The van der Waals surface area contributed by atoms with E-state index in [4.69, 9.17) is 25.0 Å². The molecule has 0 N–H and O–H groups in total. The van der Waals surface area contributed by atoms with Gasteiger partial charge in [0.15, 0.2) is 0 Å². The molecular weight excluding hydrogens is 199 g/mol. The molecule has 0 aromatic rings. The minimum atomic E-state index is -1.14. The first-order valence-corrected chi connectivity index (χ1v) is 6.24. The first-order valence-electron chi connectivity index (χ1n) is 4.16. The fourth-order valence-electron chi connectivity index (χ4n) is 0.860. The van der Waals surface area contributed by atoms with Crippen LogP contribution in [0.2, 0.25) is 0 Å². The van der Waals surface area contributed by atoms with Crippen molar-refractivity contribution in [3.05, 3.63) is 0 Å². The Morgan fingerprint density at radius 1 is 1.67 bits per heavy atom. The standard InChI is InChI=1S/C7H14ClO3P/c1-2-3-4-9-5-7-6-10-12(8)11-7/h7H,2-6H2,1H3. The van der Waals surface area contributed by atoms with Crippen LogP contribution in [0.5, 0.6) is 0 Å². The molecule has 0 amide bonds. The summed E-state index contributed by atoms with van der Waals surface area (Å²) in [5, 5.41) is 0. The van der Waals surface area contributed by atoms with E-state index in [0.717, 1.165) is 19.4 Å². The molecular formula is C7H14ClO3P. The van der Waals surface area contributed by atoms with Crippen LogP contribution in [0.1, 0.15) is 19.8 Å². The number of halogens is 1. The molecule has 1 heterocycles. The average Bonchev–Trinajstić information content (AvgIpc) is 2.45. The van der Waals surface area contributed by atoms with Gasteiger partial charge in [0.05, 0.1) is 13.2 Å². The van der Waals surface area contributed by atoms with E-state index in [1.165, 1.54) is 0 Å². The first kappa shape index (κ1) is 10.7. The van der Waals surface area contributed by atoms with Crippen LogP contribution in [0.3, 0.4) is 0 Å². The number of unbranched alkanes of at least 4 members (excludes halogenated alkanes) is 1. The van der Waals surface area contributed by atoms with E-state index < -0.39 is 7.73 Å². The smallest absolute Gasteiger partial charge is 0.277 e. The van der Waals surface area contributed by atoms with Gasteiger partial charge in [0, 0.05) is 6.61 Å². The highest BCUT2D eigenvalue weighted by atomic mass is 35.7. The zero-order valence-electron chi connectivity index (χ0n) is 7.16. The Hall–Kier alpha value is 0.600. The van der Waals surface area contributed by atoms with Crippen molar-refractivity contribution in [2.45, 2.75) is 25.9 Å². The van der Waals surface area contributed by atoms with E-state index in [1.807, 2.05) is 0 Å². The van der Waals surface area contributed by atoms with E-state index in [0.29, 0.717) is 13.2 Å². The quantitative estimate of drug-likeness (QED) is 0.518. The Bertz CT molecular complexity index is 125. The fraction of sp³-hybridized carbons (Fsp3) is 1.00. The van der Waals surface area contributed by atoms with Gasteiger partial charge in [-0.15, -0.1) is 0 Å². The molecule has 1 rings (SSSR count). The van der Waals surface area contributed by atoms with Crippen LogP contribution >= 0.6 is 19.0 Å². The maximum atomic E-state index is 5.61. The highest BCUT2D eigenvalue weighted by Crippen LogP contribution is 2.49. The van der Waals surface area contributed by atoms with Gasteiger partial charge in [-0.2, -0.15) is 0 Å². The summed E-state index contributed by atoms with van der Waals surface area (Å²) in [4.78, 5) is 0. The molecule has 2 atom stereocenters. The highest BCUT2D eigenvalue weighted by molar-refractivity contribution is 7.76. The third-order valence-corrected chi connectivity index (χ3v) is 2.89. The summed E-state index contributed by atoms with van der Waals surface area (Å²) in [6.45, 7) is 4.11. The molecule has 12 heavy (non-hydrogen) atoms. The Labute approximate surface area is 79.0 Å². The maximum Gasteiger partial charge on any atom is 0.277 e. The number of hydrogen-bond donors (Lipinski definition) is 0. The fourth-order valence-corrected chi connectivity index (χ4v) is 2.07. The van der Waals surface area contributed by atoms with Gasteiger partial charge in [-0.3, -0.25) is 0 Å². The lowest BCUT2D eigenvalue weighted by atomic mass is 10.3. The molecule has 5 heteroatoms. The SMILES string of the molecule is CCCCOCC1COP(Cl)O1. The summed E-state index contributed by atoms with van der Waals surface area (Å²) in [5.41, 5.74) is 0. The predicted molar refractivity (Wildman–Crippen MR) is 49.3 cm³/mol. The molecule has 1 aliphatic rings.